The molecule has 2 heterocycles. The van der Waals surface area contributed by atoms with Gasteiger partial charge < -0.3 is 9.64 Å². The number of amides is 1. The highest BCUT2D eigenvalue weighted by Gasteiger charge is 2.29. The van der Waals surface area contributed by atoms with E-state index in [0.29, 0.717) is 19.4 Å². The lowest BCUT2D eigenvalue weighted by atomic mass is 10.1. The molecule has 1 saturated heterocycles. The number of carbonyl (C=O) groups is 1. The molecule has 0 unspecified atom stereocenters. The van der Waals surface area contributed by atoms with E-state index < -0.39 is 35.0 Å². The number of likely N-dealkylation sites (tertiary alicyclic amines) is 1. The lowest BCUT2D eigenvalue weighted by Crippen LogP contribution is -2.45. The van der Waals surface area contributed by atoms with Gasteiger partial charge in [0.1, 0.15) is 23.3 Å². The van der Waals surface area contributed by atoms with E-state index in [-0.39, 0.29) is 12.6 Å². The Balaban J connectivity index is 1.71. The van der Waals surface area contributed by atoms with Crippen LogP contribution in [0.4, 0.5) is 13.2 Å². The number of hydrogen-bond acceptors (Lipinski definition) is 4. The van der Waals surface area contributed by atoms with Gasteiger partial charge in [0, 0.05) is 6.54 Å². The second kappa shape index (κ2) is 6.86. The molecule has 8 heteroatoms. The molecule has 0 saturated carbocycles. The number of halogens is 3. The van der Waals surface area contributed by atoms with Crippen molar-refractivity contribution in [2.24, 2.45) is 0 Å². The van der Waals surface area contributed by atoms with E-state index in [1.54, 1.807) is 0 Å². The van der Waals surface area contributed by atoms with E-state index in [4.69, 9.17) is 4.74 Å². The molecule has 0 radical (unpaired) electrons. The average Bonchev–Trinajstić information content (AvgIpc) is 2.57. The van der Waals surface area contributed by atoms with Crippen molar-refractivity contribution in [2.75, 3.05) is 13.1 Å². The molecule has 126 valence electrons. The molecule has 1 aliphatic rings. The van der Waals surface area contributed by atoms with Crippen molar-refractivity contribution in [1.82, 2.24) is 14.9 Å². The lowest BCUT2D eigenvalue weighted by Gasteiger charge is -2.32. The summed E-state index contributed by atoms with van der Waals surface area (Å²) in [5.74, 6) is -3.11. The fraction of sp³-hybridized carbons (Fsp3) is 0.312. The Morgan fingerprint density at radius 1 is 1.17 bits per heavy atom. The van der Waals surface area contributed by atoms with Crippen LogP contribution in [0.25, 0.3) is 0 Å². The Hall–Kier alpha value is -2.64. The fourth-order valence-electron chi connectivity index (χ4n) is 2.59. The Labute approximate surface area is 136 Å². The first-order valence-electron chi connectivity index (χ1n) is 7.42. The third-order valence-electron chi connectivity index (χ3n) is 3.71. The molecule has 1 atom stereocenters. The zero-order valence-corrected chi connectivity index (χ0v) is 12.6. The molecule has 1 aliphatic heterocycles. The van der Waals surface area contributed by atoms with E-state index in [0.717, 1.165) is 24.5 Å². The van der Waals surface area contributed by atoms with Gasteiger partial charge in [0.05, 0.1) is 18.9 Å². The third-order valence-corrected chi connectivity index (χ3v) is 3.71. The van der Waals surface area contributed by atoms with Crippen molar-refractivity contribution in [3.05, 3.63) is 53.6 Å². The second-order valence-corrected chi connectivity index (χ2v) is 5.41. The Morgan fingerprint density at radius 3 is 2.50 bits per heavy atom. The molecule has 0 bridgehead atoms. The summed E-state index contributed by atoms with van der Waals surface area (Å²) in [6, 6.07) is 3.28. The van der Waals surface area contributed by atoms with E-state index in [2.05, 4.69) is 9.97 Å². The fourth-order valence-corrected chi connectivity index (χ4v) is 2.59. The van der Waals surface area contributed by atoms with Crippen LogP contribution in [-0.4, -0.2) is 40.0 Å². The molecule has 1 fully saturated rings. The van der Waals surface area contributed by atoms with Crippen LogP contribution in [0, 0.1) is 17.5 Å². The monoisotopic (exact) mass is 337 g/mol. The van der Waals surface area contributed by atoms with Crippen LogP contribution in [0.3, 0.4) is 0 Å². The molecule has 0 N–H and O–H groups in total. The van der Waals surface area contributed by atoms with Crippen LogP contribution in [0.15, 0.2) is 30.6 Å². The standard InChI is InChI=1S/C16H14F3N3O2/c17-10-7-20-16(21-8-10)24-11-3-2-6-22(9-11)15(23)14-12(18)4-1-5-13(14)19/h1,4-5,7-8,11H,2-3,6,9H2/t11-/m0/s1. The van der Waals surface area contributed by atoms with Gasteiger partial charge in [0.25, 0.3) is 5.91 Å². The number of rotatable bonds is 3. The van der Waals surface area contributed by atoms with Crippen molar-refractivity contribution in [3.63, 3.8) is 0 Å². The highest BCUT2D eigenvalue weighted by molar-refractivity contribution is 5.94. The van der Waals surface area contributed by atoms with Crippen molar-refractivity contribution < 1.29 is 22.7 Å². The molecule has 24 heavy (non-hydrogen) atoms. The van der Waals surface area contributed by atoms with Gasteiger partial charge in [-0.2, -0.15) is 0 Å². The molecule has 0 spiro atoms. The smallest absolute Gasteiger partial charge is 0.316 e. The SMILES string of the molecule is O=C(c1c(F)cccc1F)N1CCC[C@H](Oc2ncc(F)cn2)C1. The van der Waals surface area contributed by atoms with E-state index in [9.17, 15) is 18.0 Å². The maximum atomic E-state index is 13.8. The molecule has 1 amide bonds. The van der Waals surface area contributed by atoms with Crippen molar-refractivity contribution >= 4 is 5.91 Å². The number of hydrogen-bond donors (Lipinski definition) is 0. The molecular weight excluding hydrogens is 323 g/mol. The quantitative estimate of drug-likeness (QED) is 0.864. The van der Waals surface area contributed by atoms with Crippen LogP contribution in [-0.2, 0) is 0 Å². The largest absolute Gasteiger partial charge is 0.458 e. The van der Waals surface area contributed by atoms with Gasteiger partial charge in [0.2, 0.25) is 0 Å². The number of nitrogens with zero attached hydrogens (tertiary/aromatic N) is 3. The van der Waals surface area contributed by atoms with Crippen molar-refractivity contribution in [2.45, 2.75) is 18.9 Å². The molecule has 5 nitrogen and oxygen atoms in total. The minimum atomic E-state index is -0.898. The molecule has 1 aromatic carbocycles. The molecule has 3 rings (SSSR count). The normalized spacial score (nSPS) is 17.6. The predicted molar refractivity (Wildman–Crippen MR) is 77.9 cm³/mol. The highest BCUT2D eigenvalue weighted by atomic mass is 19.1. The second-order valence-electron chi connectivity index (χ2n) is 5.41. The zero-order chi connectivity index (χ0) is 17.1. The van der Waals surface area contributed by atoms with Gasteiger partial charge in [0.15, 0.2) is 5.82 Å². The summed E-state index contributed by atoms with van der Waals surface area (Å²) < 4.78 is 45.8. The first-order valence-corrected chi connectivity index (χ1v) is 7.42. The number of ether oxygens (including phenoxy) is 1. The average molecular weight is 337 g/mol. The van der Waals surface area contributed by atoms with E-state index >= 15 is 0 Å². The van der Waals surface area contributed by atoms with Gasteiger partial charge in [-0.15, -0.1) is 0 Å². The molecule has 1 aromatic heterocycles. The summed E-state index contributed by atoms with van der Waals surface area (Å²) >= 11 is 0. The number of carbonyl (C=O) groups excluding carboxylic acids is 1. The summed E-state index contributed by atoms with van der Waals surface area (Å²) in [4.78, 5) is 21.1. The van der Waals surface area contributed by atoms with Gasteiger partial charge in [-0.3, -0.25) is 4.79 Å². The minimum Gasteiger partial charge on any atom is -0.458 e. The number of aromatic nitrogens is 2. The zero-order valence-electron chi connectivity index (χ0n) is 12.6. The maximum Gasteiger partial charge on any atom is 0.316 e. The first-order chi connectivity index (χ1) is 11.5. The lowest BCUT2D eigenvalue weighted by molar-refractivity contribution is 0.0507. The summed E-state index contributed by atoms with van der Waals surface area (Å²) in [7, 11) is 0. The number of piperidine rings is 1. The summed E-state index contributed by atoms with van der Waals surface area (Å²) in [5, 5.41) is 0. The van der Waals surface area contributed by atoms with Crippen LogP contribution in [0.2, 0.25) is 0 Å². The van der Waals surface area contributed by atoms with E-state index in [1.807, 2.05) is 0 Å². The molecular formula is C16H14F3N3O2. The number of benzene rings is 1. The Bertz CT molecular complexity index is 720. The van der Waals surface area contributed by atoms with Gasteiger partial charge >= 0.3 is 6.01 Å². The maximum absolute atomic E-state index is 13.8. The highest BCUT2D eigenvalue weighted by Crippen LogP contribution is 2.20. The summed E-state index contributed by atoms with van der Waals surface area (Å²) in [5.41, 5.74) is -0.573. The van der Waals surface area contributed by atoms with E-state index in [1.165, 1.54) is 11.0 Å². The molecule has 0 aliphatic carbocycles. The van der Waals surface area contributed by atoms with Crippen LogP contribution in [0.1, 0.15) is 23.2 Å². The predicted octanol–water partition coefficient (Wildman–Crippen LogP) is 2.58. The third kappa shape index (κ3) is 3.47. The Kier molecular flexibility index (Phi) is 4.64. The van der Waals surface area contributed by atoms with Gasteiger partial charge in [-0.1, -0.05) is 6.07 Å². The van der Waals surface area contributed by atoms with Gasteiger partial charge in [-0.25, -0.2) is 23.1 Å². The molecule has 2 aromatic rings. The summed E-state index contributed by atoms with van der Waals surface area (Å²) in [6.45, 7) is 0.518. The topological polar surface area (TPSA) is 55.3 Å². The van der Waals surface area contributed by atoms with Crippen LogP contribution >= 0.6 is 0 Å². The van der Waals surface area contributed by atoms with Crippen molar-refractivity contribution in [3.8, 4) is 6.01 Å². The first kappa shape index (κ1) is 16.2. The van der Waals surface area contributed by atoms with Crippen LogP contribution < -0.4 is 4.74 Å². The van der Waals surface area contributed by atoms with Crippen LogP contribution in [0.5, 0.6) is 6.01 Å². The Morgan fingerprint density at radius 2 is 1.83 bits per heavy atom. The van der Waals surface area contributed by atoms with Crippen molar-refractivity contribution in [1.29, 1.82) is 0 Å². The van der Waals surface area contributed by atoms with Gasteiger partial charge in [-0.05, 0) is 25.0 Å². The minimum absolute atomic E-state index is 0.00669. The summed E-state index contributed by atoms with van der Waals surface area (Å²) in [6.07, 6.45) is 2.76.